The minimum absolute atomic E-state index is 0.0488. The number of anilines is 1. The molecule has 8 heteroatoms. The molecule has 1 spiro atoms. The van der Waals surface area contributed by atoms with Crippen molar-refractivity contribution in [2.45, 2.75) is 50.4 Å². The Kier molecular flexibility index (Phi) is 4.34. The Bertz CT molecular complexity index is 1070. The first-order valence-electron chi connectivity index (χ1n) is 10.4. The molecular formula is C23H24FN3O4. The number of ether oxygens (including phenoxy) is 1. The second-order valence-corrected chi connectivity index (χ2v) is 9.03. The van der Waals surface area contributed by atoms with Gasteiger partial charge in [-0.1, -0.05) is 30.3 Å². The van der Waals surface area contributed by atoms with E-state index in [-0.39, 0.29) is 22.3 Å². The summed E-state index contributed by atoms with van der Waals surface area (Å²) in [5, 5.41) is 15.0. The molecule has 3 fully saturated rings. The fraction of sp³-hybridized carbons (Fsp3) is 0.435. The molecule has 1 N–H and O–H groups in total. The van der Waals surface area contributed by atoms with Crippen LogP contribution < -0.4 is 5.32 Å². The molecule has 0 radical (unpaired) electrons. The van der Waals surface area contributed by atoms with Crippen LogP contribution in [-0.2, 0) is 11.3 Å². The van der Waals surface area contributed by atoms with E-state index in [4.69, 9.17) is 0 Å². The first-order valence-corrected chi connectivity index (χ1v) is 10.4. The van der Waals surface area contributed by atoms with Crippen molar-refractivity contribution in [2.24, 2.45) is 5.41 Å². The number of methoxy groups -OCH3 is 1. The van der Waals surface area contributed by atoms with Crippen molar-refractivity contribution in [1.29, 1.82) is 0 Å². The molecule has 2 aromatic rings. The quantitative estimate of drug-likeness (QED) is 0.426. The summed E-state index contributed by atoms with van der Waals surface area (Å²) in [6, 6.07) is 13.2. The number of likely N-dealkylation sites (tertiary alicyclic amines) is 1. The topological polar surface area (TPSA) is 84.7 Å². The fourth-order valence-electron chi connectivity index (χ4n) is 6.18. The SMILES string of the molecule is COC(=O)c1cc([N+](=O)[O-])c(NC2(C)CC3N(Cc4ccccc4)C4CCC432)cc1F. The van der Waals surface area contributed by atoms with Crippen LogP contribution in [0.1, 0.15) is 42.1 Å². The predicted molar refractivity (Wildman–Crippen MR) is 112 cm³/mol. The summed E-state index contributed by atoms with van der Waals surface area (Å²) in [5.41, 5.74) is 0.316. The number of carbonyl (C=O) groups excluding carboxylic acids is 1. The van der Waals surface area contributed by atoms with Crippen LogP contribution in [0.3, 0.4) is 0 Å². The van der Waals surface area contributed by atoms with Gasteiger partial charge in [0.1, 0.15) is 17.1 Å². The third kappa shape index (κ3) is 2.64. The van der Waals surface area contributed by atoms with Crippen molar-refractivity contribution in [3.8, 4) is 0 Å². The minimum atomic E-state index is -0.935. The highest BCUT2D eigenvalue weighted by Gasteiger charge is 2.79. The van der Waals surface area contributed by atoms with Crippen LogP contribution in [-0.4, -0.2) is 40.5 Å². The Labute approximate surface area is 179 Å². The van der Waals surface area contributed by atoms with Gasteiger partial charge in [0.15, 0.2) is 0 Å². The molecule has 5 rings (SSSR count). The van der Waals surface area contributed by atoms with E-state index in [1.165, 1.54) is 5.56 Å². The average Bonchev–Trinajstić information content (AvgIpc) is 2.71. The maximum atomic E-state index is 14.5. The lowest BCUT2D eigenvalue weighted by Gasteiger charge is -2.83. The van der Waals surface area contributed by atoms with Gasteiger partial charge in [-0.25, -0.2) is 9.18 Å². The van der Waals surface area contributed by atoms with E-state index in [1.807, 2.05) is 18.2 Å². The van der Waals surface area contributed by atoms with Crippen molar-refractivity contribution >= 4 is 17.3 Å². The summed E-state index contributed by atoms with van der Waals surface area (Å²) in [6.07, 6.45) is 2.97. The third-order valence-corrected chi connectivity index (χ3v) is 7.76. The Balaban J connectivity index is 1.39. The molecule has 1 aliphatic heterocycles. The van der Waals surface area contributed by atoms with Gasteiger partial charge in [0, 0.05) is 41.7 Å². The fourth-order valence-corrected chi connectivity index (χ4v) is 6.18. The van der Waals surface area contributed by atoms with Gasteiger partial charge in [-0.2, -0.15) is 0 Å². The first-order chi connectivity index (χ1) is 14.8. The summed E-state index contributed by atoms with van der Waals surface area (Å²) in [5.74, 6) is -1.77. The van der Waals surface area contributed by atoms with Gasteiger partial charge in [-0.15, -0.1) is 0 Å². The maximum Gasteiger partial charge on any atom is 0.341 e. The molecule has 4 unspecified atom stereocenters. The van der Waals surface area contributed by atoms with E-state index in [0.717, 1.165) is 45.0 Å². The highest BCUT2D eigenvalue weighted by Crippen LogP contribution is 2.73. The standard InChI is InChI=1S/C23H24FN3O4/c1-22(25-17-11-16(24)15(21(28)31-2)10-18(17)27(29)30)12-20-23(22)9-8-19(23)26(20)13-14-6-4-3-5-7-14/h3-7,10-11,19-20,25H,8-9,12-13H2,1-2H3. The Hall–Kier alpha value is -3.00. The Morgan fingerprint density at radius 3 is 2.65 bits per heavy atom. The zero-order valence-corrected chi connectivity index (χ0v) is 17.4. The van der Waals surface area contributed by atoms with Crippen LogP contribution in [0, 0.1) is 21.3 Å². The van der Waals surface area contributed by atoms with Crippen molar-refractivity contribution in [1.82, 2.24) is 4.90 Å². The molecule has 31 heavy (non-hydrogen) atoms. The lowest BCUT2D eigenvalue weighted by Crippen LogP contribution is -2.91. The predicted octanol–water partition coefficient (Wildman–Crippen LogP) is 4.13. The number of nitrogens with one attached hydrogen (secondary N) is 1. The smallest absolute Gasteiger partial charge is 0.341 e. The zero-order chi connectivity index (χ0) is 22.0. The number of nitro benzene ring substituents is 1. The molecule has 1 saturated heterocycles. The number of rotatable bonds is 6. The van der Waals surface area contributed by atoms with Crippen molar-refractivity contribution in [3.05, 3.63) is 69.5 Å². The van der Waals surface area contributed by atoms with Crippen LogP contribution in [0.15, 0.2) is 42.5 Å². The molecule has 2 aliphatic carbocycles. The molecule has 4 atom stereocenters. The van der Waals surface area contributed by atoms with Crippen LogP contribution in [0.4, 0.5) is 15.8 Å². The molecule has 1 heterocycles. The number of benzene rings is 2. The number of nitro groups is 1. The van der Waals surface area contributed by atoms with E-state index >= 15 is 0 Å². The van der Waals surface area contributed by atoms with E-state index in [0.29, 0.717) is 12.1 Å². The van der Waals surface area contributed by atoms with Gasteiger partial charge in [-0.05, 0) is 31.7 Å². The second-order valence-electron chi connectivity index (χ2n) is 9.03. The Morgan fingerprint density at radius 2 is 2.06 bits per heavy atom. The molecule has 7 nitrogen and oxygen atoms in total. The third-order valence-electron chi connectivity index (χ3n) is 7.76. The number of piperidine rings is 2. The molecule has 2 saturated carbocycles. The van der Waals surface area contributed by atoms with Crippen molar-refractivity contribution in [2.75, 3.05) is 12.4 Å². The summed E-state index contributed by atoms with van der Waals surface area (Å²) in [7, 11) is 1.11. The number of hydrogen-bond acceptors (Lipinski definition) is 6. The summed E-state index contributed by atoms with van der Waals surface area (Å²) in [4.78, 5) is 25.3. The molecule has 3 aliphatic rings. The van der Waals surface area contributed by atoms with Gasteiger partial charge >= 0.3 is 5.97 Å². The summed E-state index contributed by atoms with van der Waals surface area (Å²) >= 11 is 0. The van der Waals surface area contributed by atoms with Gasteiger partial charge < -0.3 is 10.1 Å². The van der Waals surface area contributed by atoms with E-state index in [9.17, 15) is 19.3 Å². The Morgan fingerprint density at radius 1 is 1.32 bits per heavy atom. The molecule has 162 valence electrons. The van der Waals surface area contributed by atoms with Gasteiger partial charge in [0.2, 0.25) is 0 Å². The summed E-state index contributed by atoms with van der Waals surface area (Å²) < 4.78 is 19.1. The molecular weight excluding hydrogens is 401 g/mol. The zero-order valence-electron chi connectivity index (χ0n) is 17.4. The van der Waals surface area contributed by atoms with Crippen LogP contribution in [0.2, 0.25) is 0 Å². The number of hydrogen-bond donors (Lipinski definition) is 1. The van der Waals surface area contributed by atoms with Crippen molar-refractivity contribution in [3.63, 3.8) is 0 Å². The molecule has 2 aromatic carbocycles. The highest BCUT2D eigenvalue weighted by atomic mass is 19.1. The summed E-state index contributed by atoms with van der Waals surface area (Å²) in [6.45, 7) is 2.97. The largest absolute Gasteiger partial charge is 0.465 e. The number of esters is 1. The average molecular weight is 425 g/mol. The molecule has 0 aromatic heterocycles. The maximum absolute atomic E-state index is 14.5. The van der Waals surface area contributed by atoms with Crippen LogP contribution in [0.5, 0.6) is 0 Å². The number of nitrogens with zero attached hydrogens (tertiary/aromatic N) is 2. The normalized spacial score (nSPS) is 30.7. The van der Waals surface area contributed by atoms with E-state index in [1.54, 1.807) is 0 Å². The van der Waals surface area contributed by atoms with Crippen LogP contribution >= 0.6 is 0 Å². The highest BCUT2D eigenvalue weighted by molar-refractivity contribution is 5.91. The van der Waals surface area contributed by atoms with E-state index < -0.39 is 22.3 Å². The lowest BCUT2D eigenvalue weighted by atomic mass is 9.35. The van der Waals surface area contributed by atoms with Crippen LogP contribution in [0.25, 0.3) is 0 Å². The number of carbonyl (C=O) groups is 1. The van der Waals surface area contributed by atoms with Crippen molar-refractivity contribution < 1.29 is 18.8 Å². The first kappa shape index (κ1) is 19.9. The number of halogens is 1. The van der Waals surface area contributed by atoms with Gasteiger partial charge in [0.05, 0.1) is 12.0 Å². The lowest BCUT2D eigenvalue weighted by molar-refractivity contribution is -0.384. The molecule has 0 amide bonds. The van der Waals surface area contributed by atoms with E-state index in [2.05, 4.69) is 34.0 Å². The van der Waals surface area contributed by atoms with Gasteiger partial charge in [0.25, 0.3) is 5.69 Å². The monoisotopic (exact) mass is 425 g/mol. The minimum Gasteiger partial charge on any atom is -0.465 e. The molecule has 0 bridgehead atoms. The second kappa shape index (κ2) is 6.75. The van der Waals surface area contributed by atoms with Gasteiger partial charge in [-0.3, -0.25) is 15.0 Å².